The molecule has 0 spiro atoms. The van der Waals surface area contributed by atoms with Crippen LogP contribution in [0.4, 0.5) is 0 Å². The number of carbonyl (C=O) groups is 2. The van der Waals surface area contributed by atoms with Gasteiger partial charge in [0.05, 0.1) is 0 Å². The topological polar surface area (TPSA) is 66.6 Å². The van der Waals surface area contributed by atoms with Crippen LogP contribution in [0.25, 0.3) is 0 Å². The molecule has 2 N–H and O–H groups in total. The highest BCUT2D eigenvalue weighted by Gasteiger charge is 2.38. The molecule has 3 rings (SSSR count). The van der Waals surface area contributed by atoms with E-state index < -0.39 is 0 Å². The van der Waals surface area contributed by atoms with E-state index >= 15 is 0 Å². The molecular formula is C15H25N3O2. The number of nitrogens with zero attached hydrogens (tertiary/aromatic N) is 2. The Morgan fingerprint density at radius 3 is 2.75 bits per heavy atom. The molecule has 0 aromatic heterocycles. The number of nitrogens with two attached hydrogens (primary N) is 1. The van der Waals surface area contributed by atoms with Crippen LogP contribution in [0, 0.1) is 0 Å². The first kappa shape index (κ1) is 13.9. The van der Waals surface area contributed by atoms with Gasteiger partial charge in [0.15, 0.2) is 0 Å². The standard InChI is InChI=1S/C15H25N3O2/c16-15(6-2-1-3-7-15)10-14(20)17-8-9-18-12(11-17)4-5-13(18)19/h12H,1-11,16H2. The Bertz CT molecular complexity index is 404. The second-order valence-corrected chi connectivity index (χ2v) is 6.72. The Morgan fingerprint density at radius 2 is 2.00 bits per heavy atom. The van der Waals surface area contributed by atoms with Crippen molar-refractivity contribution in [2.45, 2.75) is 62.9 Å². The van der Waals surface area contributed by atoms with E-state index in [1.807, 2.05) is 9.80 Å². The first-order valence-electron chi connectivity index (χ1n) is 7.94. The van der Waals surface area contributed by atoms with Gasteiger partial charge in [-0.2, -0.15) is 0 Å². The smallest absolute Gasteiger partial charge is 0.224 e. The highest BCUT2D eigenvalue weighted by Crippen LogP contribution is 2.30. The Hall–Kier alpha value is -1.10. The maximum atomic E-state index is 12.5. The van der Waals surface area contributed by atoms with Crippen molar-refractivity contribution in [2.75, 3.05) is 19.6 Å². The van der Waals surface area contributed by atoms with Crippen LogP contribution in [-0.4, -0.2) is 52.8 Å². The molecule has 3 aliphatic rings. The predicted octanol–water partition coefficient (Wildman–Crippen LogP) is 0.871. The van der Waals surface area contributed by atoms with E-state index in [0.29, 0.717) is 32.5 Å². The zero-order chi connectivity index (χ0) is 14.2. The maximum absolute atomic E-state index is 12.5. The third kappa shape index (κ3) is 2.68. The summed E-state index contributed by atoms with van der Waals surface area (Å²) in [5.41, 5.74) is 6.10. The van der Waals surface area contributed by atoms with Crippen molar-refractivity contribution in [1.29, 1.82) is 0 Å². The maximum Gasteiger partial charge on any atom is 0.224 e. The van der Waals surface area contributed by atoms with Crippen molar-refractivity contribution in [3.8, 4) is 0 Å². The number of piperazine rings is 1. The van der Waals surface area contributed by atoms with Crippen LogP contribution >= 0.6 is 0 Å². The third-order valence-corrected chi connectivity index (χ3v) is 5.20. The molecule has 1 atom stereocenters. The van der Waals surface area contributed by atoms with Crippen LogP contribution in [0.5, 0.6) is 0 Å². The SMILES string of the molecule is NC1(CC(=O)N2CCN3C(=O)CCC3C2)CCCCC1. The first-order chi connectivity index (χ1) is 9.57. The zero-order valence-electron chi connectivity index (χ0n) is 12.1. The minimum absolute atomic E-state index is 0.188. The number of fused-ring (bicyclic) bond motifs is 1. The van der Waals surface area contributed by atoms with E-state index in [-0.39, 0.29) is 23.4 Å². The second-order valence-electron chi connectivity index (χ2n) is 6.72. The van der Waals surface area contributed by atoms with Gasteiger partial charge in [0.25, 0.3) is 0 Å². The van der Waals surface area contributed by atoms with Crippen molar-refractivity contribution in [3.05, 3.63) is 0 Å². The van der Waals surface area contributed by atoms with Gasteiger partial charge in [0.2, 0.25) is 11.8 Å². The Balaban J connectivity index is 1.57. The lowest BCUT2D eigenvalue weighted by Gasteiger charge is -2.40. The van der Waals surface area contributed by atoms with Crippen LogP contribution in [0.2, 0.25) is 0 Å². The summed E-state index contributed by atoms with van der Waals surface area (Å²) < 4.78 is 0. The number of amides is 2. The molecule has 1 saturated carbocycles. The van der Waals surface area contributed by atoms with Gasteiger partial charge in [-0.05, 0) is 19.3 Å². The van der Waals surface area contributed by atoms with Gasteiger partial charge in [0.1, 0.15) is 0 Å². The Labute approximate surface area is 120 Å². The molecule has 0 aromatic carbocycles. The summed E-state index contributed by atoms with van der Waals surface area (Å²) in [6, 6.07) is 0.250. The summed E-state index contributed by atoms with van der Waals surface area (Å²) in [6.45, 7) is 2.09. The van der Waals surface area contributed by atoms with Crippen molar-refractivity contribution in [3.63, 3.8) is 0 Å². The fourth-order valence-electron chi connectivity index (χ4n) is 3.94. The van der Waals surface area contributed by atoms with Gasteiger partial charge in [-0.1, -0.05) is 19.3 Å². The van der Waals surface area contributed by atoms with Gasteiger partial charge in [0, 0.05) is 44.1 Å². The third-order valence-electron chi connectivity index (χ3n) is 5.20. The first-order valence-corrected chi connectivity index (χ1v) is 7.94. The van der Waals surface area contributed by atoms with E-state index in [4.69, 9.17) is 5.73 Å². The van der Waals surface area contributed by atoms with Gasteiger partial charge in [-0.3, -0.25) is 9.59 Å². The van der Waals surface area contributed by atoms with Gasteiger partial charge >= 0.3 is 0 Å². The Kier molecular flexibility index (Phi) is 3.71. The average molecular weight is 279 g/mol. The summed E-state index contributed by atoms with van der Waals surface area (Å²) in [5, 5.41) is 0. The Morgan fingerprint density at radius 1 is 1.25 bits per heavy atom. The fourth-order valence-corrected chi connectivity index (χ4v) is 3.94. The molecule has 1 unspecified atom stereocenters. The molecule has 20 heavy (non-hydrogen) atoms. The number of carbonyl (C=O) groups excluding carboxylic acids is 2. The van der Waals surface area contributed by atoms with Crippen LogP contribution in [0.15, 0.2) is 0 Å². The zero-order valence-corrected chi connectivity index (χ0v) is 12.1. The molecule has 5 nitrogen and oxygen atoms in total. The summed E-state index contributed by atoms with van der Waals surface area (Å²) in [6.07, 6.45) is 7.51. The lowest BCUT2D eigenvalue weighted by Crippen LogP contribution is -2.55. The van der Waals surface area contributed by atoms with Crippen LogP contribution in [0.3, 0.4) is 0 Å². The summed E-state index contributed by atoms with van der Waals surface area (Å²) in [5.74, 6) is 0.443. The quantitative estimate of drug-likeness (QED) is 0.815. The molecule has 2 heterocycles. The number of rotatable bonds is 2. The molecule has 5 heteroatoms. The van der Waals surface area contributed by atoms with Crippen LogP contribution in [0.1, 0.15) is 51.4 Å². The average Bonchev–Trinajstić information content (AvgIpc) is 2.80. The van der Waals surface area contributed by atoms with E-state index in [1.54, 1.807) is 0 Å². The molecule has 2 amide bonds. The molecule has 112 valence electrons. The lowest BCUT2D eigenvalue weighted by atomic mass is 9.80. The van der Waals surface area contributed by atoms with E-state index in [0.717, 1.165) is 32.1 Å². The lowest BCUT2D eigenvalue weighted by molar-refractivity contribution is -0.140. The fraction of sp³-hybridized carbons (Fsp3) is 0.867. The van der Waals surface area contributed by atoms with Crippen LogP contribution in [-0.2, 0) is 9.59 Å². The molecule has 0 aromatic rings. The molecular weight excluding hydrogens is 254 g/mol. The van der Waals surface area contributed by atoms with Gasteiger partial charge in [-0.25, -0.2) is 0 Å². The van der Waals surface area contributed by atoms with Crippen molar-refractivity contribution >= 4 is 11.8 Å². The van der Waals surface area contributed by atoms with Crippen LogP contribution < -0.4 is 5.73 Å². The minimum atomic E-state index is -0.280. The number of hydrogen-bond acceptors (Lipinski definition) is 3. The van der Waals surface area contributed by atoms with Gasteiger partial charge < -0.3 is 15.5 Å². The highest BCUT2D eigenvalue weighted by molar-refractivity contribution is 5.81. The highest BCUT2D eigenvalue weighted by atomic mass is 16.2. The summed E-state index contributed by atoms with van der Waals surface area (Å²) in [4.78, 5) is 28.0. The monoisotopic (exact) mass is 279 g/mol. The molecule has 2 saturated heterocycles. The second kappa shape index (κ2) is 5.35. The van der Waals surface area contributed by atoms with E-state index in [9.17, 15) is 9.59 Å². The largest absolute Gasteiger partial charge is 0.339 e. The predicted molar refractivity (Wildman–Crippen MR) is 75.9 cm³/mol. The van der Waals surface area contributed by atoms with Crippen molar-refractivity contribution in [2.24, 2.45) is 5.73 Å². The molecule has 2 aliphatic heterocycles. The molecule has 0 bridgehead atoms. The van der Waals surface area contributed by atoms with E-state index in [2.05, 4.69) is 0 Å². The summed E-state index contributed by atoms with van der Waals surface area (Å²) >= 11 is 0. The van der Waals surface area contributed by atoms with Crippen molar-refractivity contribution in [1.82, 2.24) is 9.80 Å². The molecule has 0 radical (unpaired) electrons. The molecule has 1 aliphatic carbocycles. The van der Waals surface area contributed by atoms with Crippen molar-refractivity contribution < 1.29 is 9.59 Å². The van der Waals surface area contributed by atoms with Gasteiger partial charge in [-0.15, -0.1) is 0 Å². The molecule has 3 fully saturated rings. The number of hydrogen-bond donors (Lipinski definition) is 1. The normalized spacial score (nSPS) is 29.4. The van der Waals surface area contributed by atoms with E-state index in [1.165, 1.54) is 6.42 Å². The minimum Gasteiger partial charge on any atom is -0.339 e. The summed E-state index contributed by atoms with van der Waals surface area (Å²) in [7, 11) is 0.